The van der Waals surface area contributed by atoms with Gasteiger partial charge in [0.1, 0.15) is 5.78 Å². The normalized spacial score (nSPS) is 22.9. The van der Waals surface area contributed by atoms with Crippen LogP contribution in [0.3, 0.4) is 0 Å². The summed E-state index contributed by atoms with van der Waals surface area (Å²) in [5, 5.41) is 16.4. The number of allylic oxidation sites excluding steroid dienone is 2. The first-order chi connectivity index (χ1) is 8.54. The molecule has 5 nitrogen and oxygen atoms in total. The molecule has 1 fully saturated rings. The van der Waals surface area contributed by atoms with Gasteiger partial charge in [-0.25, -0.2) is 0 Å². The van der Waals surface area contributed by atoms with E-state index in [1.165, 1.54) is 0 Å². The number of rotatable bonds is 5. The maximum absolute atomic E-state index is 11.2. The Morgan fingerprint density at radius 1 is 1.44 bits per heavy atom. The number of aliphatic carboxylic acids is 1. The fourth-order valence-corrected chi connectivity index (χ4v) is 2.05. The van der Waals surface area contributed by atoms with Gasteiger partial charge in [-0.1, -0.05) is 12.2 Å². The molecule has 0 saturated heterocycles. The summed E-state index contributed by atoms with van der Waals surface area (Å²) in [6.07, 6.45) is 5.93. The van der Waals surface area contributed by atoms with Crippen molar-refractivity contribution < 1.29 is 19.8 Å². The summed E-state index contributed by atoms with van der Waals surface area (Å²) in [4.78, 5) is 21.7. The third-order valence-electron chi connectivity index (χ3n) is 2.89. The second-order valence-electron chi connectivity index (χ2n) is 4.38. The van der Waals surface area contributed by atoms with Crippen molar-refractivity contribution in [2.24, 2.45) is 17.6 Å². The van der Waals surface area contributed by atoms with E-state index in [1.54, 1.807) is 0 Å². The highest BCUT2D eigenvalue weighted by atomic mass is 16.4. The Hall–Kier alpha value is -1.20. The maximum Gasteiger partial charge on any atom is 0.303 e. The molecule has 1 aliphatic carbocycles. The SMILES string of the molecule is C/C=C\CC1CC(=O)CC1CC(=O)O.NCCO. The van der Waals surface area contributed by atoms with Crippen molar-refractivity contribution in [1.82, 2.24) is 0 Å². The predicted octanol–water partition coefficient (Wildman–Crippen LogP) is 0.960. The lowest BCUT2D eigenvalue weighted by molar-refractivity contribution is -0.138. The molecule has 104 valence electrons. The van der Waals surface area contributed by atoms with Gasteiger partial charge in [0.25, 0.3) is 0 Å². The van der Waals surface area contributed by atoms with Gasteiger partial charge in [0.2, 0.25) is 0 Å². The topological polar surface area (TPSA) is 101 Å². The van der Waals surface area contributed by atoms with E-state index in [2.05, 4.69) is 0 Å². The highest BCUT2D eigenvalue weighted by molar-refractivity contribution is 5.82. The number of aliphatic hydroxyl groups is 1. The number of hydrogen-bond donors (Lipinski definition) is 3. The maximum atomic E-state index is 11.2. The van der Waals surface area contributed by atoms with Crippen LogP contribution in [-0.2, 0) is 9.59 Å². The third kappa shape index (κ3) is 7.19. The molecule has 1 saturated carbocycles. The summed E-state index contributed by atoms with van der Waals surface area (Å²) in [5.41, 5.74) is 4.78. The van der Waals surface area contributed by atoms with Crippen LogP contribution in [0.15, 0.2) is 12.2 Å². The Morgan fingerprint density at radius 2 is 2.00 bits per heavy atom. The number of aliphatic hydroxyl groups excluding tert-OH is 1. The molecule has 0 aromatic heterocycles. The minimum atomic E-state index is -0.796. The smallest absolute Gasteiger partial charge is 0.303 e. The monoisotopic (exact) mass is 257 g/mol. The number of carbonyl (C=O) groups is 2. The molecule has 0 aliphatic heterocycles. The summed E-state index contributed by atoms with van der Waals surface area (Å²) in [6.45, 7) is 2.41. The van der Waals surface area contributed by atoms with Crippen LogP contribution in [0.2, 0.25) is 0 Å². The minimum Gasteiger partial charge on any atom is -0.481 e. The van der Waals surface area contributed by atoms with Crippen LogP contribution in [0.1, 0.15) is 32.6 Å². The van der Waals surface area contributed by atoms with Crippen molar-refractivity contribution in [1.29, 1.82) is 0 Å². The Balaban J connectivity index is 0.000000631. The molecule has 0 radical (unpaired) electrons. The lowest BCUT2D eigenvalue weighted by Crippen LogP contribution is -2.12. The van der Waals surface area contributed by atoms with Gasteiger partial charge in [-0.3, -0.25) is 9.59 Å². The van der Waals surface area contributed by atoms with Crippen LogP contribution in [0.5, 0.6) is 0 Å². The van der Waals surface area contributed by atoms with E-state index in [1.807, 2.05) is 19.1 Å². The first-order valence-electron chi connectivity index (χ1n) is 6.20. The second kappa shape index (κ2) is 9.79. The third-order valence-corrected chi connectivity index (χ3v) is 2.89. The highest BCUT2D eigenvalue weighted by Gasteiger charge is 2.33. The lowest BCUT2D eigenvalue weighted by Gasteiger charge is -2.14. The number of nitrogens with two attached hydrogens (primary N) is 1. The molecule has 0 amide bonds. The average Bonchev–Trinajstić information content (AvgIpc) is 2.66. The molecule has 2 unspecified atom stereocenters. The number of hydrogen-bond acceptors (Lipinski definition) is 4. The second-order valence-corrected chi connectivity index (χ2v) is 4.38. The van der Waals surface area contributed by atoms with Gasteiger partial charge in [-0.05, 0) is 25.2 Å². The molecule has 1 aliphatic rings. The summed E-state index contributed by atoms with van der Waals surface area (Å²) in [5.74, 6) is -0.285. The molecule has 0 heterocycles. The van der Waals surface area contributed by atoms with Crippen LogP contribution in [0, 0.1) is 11.8 Å². The van der Waals surface area contributed by atoms with Gasteiger partial charge in [0, 0.05) is 25.8 Å². The van der Waals surface area contributed by atoms with E-state index >= 15 is 0 Å². The zero-order chi connectivity index (χ0) is 14.0. The van der Waals surface area contributed by atoms with E-state index in [9.17, 15) is 9.59 Å². The molecule has 18 heavy (non-hydrogen) atoms. The molecule has 0 aromatic carbocycles. The van der Waals surface area contributed by atoms with E-state index in [0.717, 1.165) is 6.42 Å². The van der Waals surface area contributed by atoms with Crippen LogP contribution in [-0.4, -0.2) is 35.1 Å². The first-order valence-corrected chi connectivity index (χ1v) is 6.20. The number of carboxylic acids is 1. The number of carboxylic acid groups (broad SMARTS) is 1. The summed E-state index contributed by atoms with van der Waals surface area (Å²) >= 11 is 0. The molecular weight excluding hydrogens is 234 g/mol. The average molecular weight is 257 g/mol. The largest absolute Gasteiger partial charge is 0.481 e. The van der Waals surface area contributed by atoms with E-state index < -0.39 is 5.97 Å². The molecule has 0 spiro atoms. The Bertz CT molecular complexity index is 287. The van der Waals surface area contributed by atoms with Crippen molar-refractivity contribution in [2.75, 3.05) is 13.2 Å². The van der Waals surface area contributed by atoms with E-state index in [4.69, 9.17) is 15.9 Å². The standard InChI is InChI=1S/C11H16O3.C2H7NO/c1-2-3-4-8-5-10(12)6-9(8)7-11(13)14;3-1-2-4/h2-3,8-9H,4-7H2,1H3,(H,13,14);4H,1-3H2/b3-2-;. The van der Waals surface area contributed by atoms with E-state index in [-0.39, 0.29) is 30.6 Å². The molecule has 2 atom stereocenters. The van der Waals surface area contributed by atoms with Crippen molar-refractivity contribution in [2.45, 2.75) is 32.6 Å². The van der Waals surface area contributed by atoms with Crippen LogP contribution in [0.25, 0.3) is 0 Å². The zero-order valence-electron chi connectivity index (χ0n) is 10.8. The van der Waals surface area contributed by atoms with Gasteiger partial charge < -0.3 is 15.9 Å². The van der Waals surface area contributed by atoms with Gasteiger partial charge >= 0.3 is 5.97 Å². The number of ketones is 1. The lowest BCUT2D eigenvalue weighted by atomic mass is 9.90. The number of carbonyl (C=O) groups excluding carboxylic acids is 1. The van der Waals surface area contributed by atoms with Gasteiger partial charge in [-0.2, -0.15) is 0 Å². The molecular formula is C13H23NO4. The molecule has 5 heteroatoms. The minimum absolute atomic E-state index is 0.0520. The van der Waals surface area contributed by atoms with Crippen LogP contribution in [0.4, 0.5) is 0 Å². The molecule has 1 rings (SSSR count). The van der Waals surface area contributed by atoms with Gasteiger partial charge in [0.15, 0.2) is 0 Å². The van der Waals surface area contributed by atoms with Crippen molar-refractivity contribution >= 4 is 11.8 Å². The van der Waals surface area contributed by atoms with Crippen molar-refractivity contribution in [3.8, 4) is 0 Å². The van der Waals surface area contributed by atoms with E-state index in [0.29, 0.717) is 19.4 Å². The molecule has 0 aromatic rings. The summed E-state index contributed by atoms with van der Waals surface area (Å²) < 4.78 is 0. The Morgan fingerprint density at radius 3 is 2.44 bits per heavy atom. The predicted molar refractivity (Wildman–Crippen MR) is 69.0 cm³/mol. The molecule has 0 bridgehead atoms. The first kappa shape index (κ1) is 16.8. The highest BCUT2D eigenvalue weighted by Crippen LogP contribution is 2.34. The van der Waals surface area contributed by atoms with Crippen molar-refractivity contribution in [3.63, 3.8) is 0 Å². The van der Waals surface area contributed by atoms with Gasteiger partial charge in [0.05, 0.1) is 6.61 Å². The van der Waals surface area contributed by atoms with Crippen LogP contribution >= 0.6 is 0 Å². The van der Waals surface area contributed by atoms with Crippen molar-refractivity contribution in [3.05, 3.63) is 12.2 Å². The zero-order valence-corrected chi connectivity index (χ0v) is 10.8. The summed E-state index contributed by atoms with van der Waals surface area (Å²) in [6, 6.07) is 0. The summed E-state index contributed by atoms with van der Waals surface area (Å²) in [7, 11) is 0. The van der Waals surface area contributed by atoms with Gasteiger partial charge in [-0.15, -0.1) is 0 Å². The number of Topliss-reactive ketones (excluding diaryl/α,β-unsaturated/α-hetero) is 1. The fourth-order valence-electron chi connectivity index (χ4n) is 2.05. The molecule has 4 N–H and O–H groups in total. The fraction of sp³-hybridized carbons (Fsp3) is 0.692. The quantitative estimate of drug-likeness (QED) is 0.637. The van der Waals surface area contributed by atoms with Crippen LogP contribution < -0.4 is 5.73 Å². The Kier molecular flexibility index (Phi) is 9.14. The Labute approximate surface area is 108 Å².